The van der Waals surface area contributed by atoms with Crippen LogP contribution in [0.4, 0.5) is 5.69 Å². The highest BCUT2D eigenvalue weighted by Gasteiger charge is 2.18. The molecule has 1 amide bonds. The van der Waals surface area contributed by atoms with Crippen molar-refractivity contribution in [2.45, 2.75) is 19.2 Å². The Morgan fingerprint density at radius 3 is 2.31 bits per heavy atom. The van der Waals surface area contributed by atoms with E-state index in [-0.39, 0.29) is 12.5 Å². The summed E-state index contributed by atoms with van der Waals surface area (Å²) in [6.07, 6.45) is 1.20. The predicted molar refractivity (Wildman–Crippen MR) is 134 cm³/mol. The van der Waals surface area contributed by atoms with Crippen molar-refractivity contribution in [2.75, 3.05) is 22.9 Å². The summed E-state index contributed by atoms with van der Waals surface area (Å²) in [4.78, 5) is 12.4. The molecule has 7 heteroatoms. The number of nitrogens with zero attached hydrogens (tertiary/aromatic N) is 1. The maximum absolute atomic E-state index is 12.4. The van der Waals surface area contributed by atoms with Gasteiger partial charge in [0.2, 0.25) is 10.0 Å². The van der Waals surface area contributed by atoms with Gasteiger partial charge in [0.15, 0.2) is 0 Å². The summed E-state index contributed by atoms with van der Waals surface area (Å²) in [6, 6.07) is 24.7. The minimum absolute atomic E-state index is 0.129. The summed E-state index contributed by atoms with van der Waals surface area (Å²) in [7, 11) is -3.45. The molecule has 168 valence electrons. The third-order valence-corrected chi connectivity index (χ3v) is 7.05. The lowest BCUT2D eigenvalue weighted by Crippen LogP contribution is -2.29. The number of rotatable bonds is 10. The molecule has 0 atom stereocenters. The first-order chi connectivity index (χ1) is 15.3. The highest BCUT2D eigenvalue weighted by molar-refractivity contribution is 7.98. The molecule has 5 nitrogen and oxygen atoms in total. The highest BCUT2D eigenvalue weighted by Crippen LogP contribution is 2.22. The van der Waals surface area contributed by atoms with E-state index in [0.29, 0.717) is 17.8 Å². The number of anilines is 1. The lowest BCUT2D eigenvalue weighted by Gasteiger charge is -2.23. The summed E-state index contributed by atoms with van der Waals surface area (Å²) in [5.74, 6) is 1.62. The molecule has 1 N–H and O–H groups in total. The van der Waals surface area contributed by atoms with Gasteiger partial charge in [-0.15, -0.1) is 0 Å². The number of hydrogen-bond acceptors (Lipinski definition) is 4. The van der Waals surface area contributed by atoms with Crippen LogP contribution in [0, 0.1) is 6.92 Å². The summed E-state index contributed by atoms with van der Waals surface area (Å²) >= 11 is 1.78. The monoisotopic (exact) mass is 468 g/mol. The Bertz CT molecular complexity index is 1130. The van der Waals surface area contributed by atoms with Crippen molar-refractivity contribution in [1.29, 1.82) is 0 Å². The normalized spacial score (nSPS) is 11.2. The number of sulfonamides is 1. The molecule has 3 rings (SSSR count). The molecule has 0 aromatic heterocycles. The van der Waals surface area contributed by atoms with Crippen LogP contribution in [0.1, 0.15) is 27.0 Å². The van der Waals surface area contributed by atoms with Crippen molar-refractivity contribution in [3.8, 4) is 0 Å². The zero-order valence-electron chi connectivity index (χ0n) is 18.3. The zero-order valence-corrected chi connectivity index (χ0v) is 20.0. The fraction of sp³-hybridized carbons (Fsp3) is 0.240. The van der Waals surface area contributed by atoms with Gasteiger partial charge in [-0.2, -0.15) is 11.8 Å². The number of benzene rings is 3. The molecule has 0 radical (unpaired) electrons. The zero-order chi connectivity index (χ0) is 23.0. The van der Waals surface area contributed by atoms with Crippen LogP contribution in [0.25, 0.3) is 0 Å². The topological polar surface area (TPSA) is 66.5 Å². The van der Waals surface area contributed by atoms with E-state index in [0.717, 1.165) is 22.6 Å². The molecule has 0 aliphatic heterocycles. The molecule has 32 heavy (non-hydrogen) atoms. The van der Waals surface area contributed by atoms with Gasteiger partial charge in [0.25, 0.3) is 5.91 Å². The van der Waals surface area contributed by atoms with Crippen LogP contribution in [0.2, 0.25) is 0 Å². The Morgan fingerprint density at radius 2 is 1.66 bits per heavy atom. The summed E-state index contributed by atoms with van der Waals surface area (Å²) in [5.41, 5.74) is 4.26. The van der Waals surface area contributed by atoms with Crippen LogP contribution < -0.4 is 9.62 Å². The molecule has 0 unspecified atom stereocenters. The van der Waals surface area contributed by atoms with Crippen molar-refractivity contribution in [3.63, 3.8) is 0 Å². The average Bonchev–Trinajstić information content (AvgIpc) is 2.77. The maximum Gasteiger partial charge on any atom is 0.251 e. The van der Waals surface area contributed by atoms with E-state index < -0.39 is 10.0 Å². The lowest BCUT2D eigenvalue weighted by molar-refractivity contribution is 0.0956. The van der Waals surface area contributed by atoms with Gasteiger partial charge >= 0.3 is 0 Å². The second-order valence-corrected chi connectivity index (χ2v) is 10.6. The number of carbonyl (C=O) groups excluding carboxylic acids is 1. The lowest BCUT2D eigenvalue weighted by atomic mass is 10.1. The number of hydrogen-bond donors (Lipinski definition) is 1. The van der Waals surface area contributed by atoms with Crippen LogP contribution in [0.15, 0.2) is 78.9 Å². The van der Waals surface area contributed by atoms with Gasteiger partial charge in [0, 0.05) is 23.6 Å². The third-order valence-electron chi connectivity index (χ3n) is 4.88. The van der Waals surface area contributed by atoms with E-state index in [1.165, 1.54) is 16.1 Å². The first-order valence-electron chi connectivity index (χ1n) is 10.4. The van der Waals surface area contributed by atoms with Crippen LogP contribution >= 0.6 is 11.8 Å². The molecule has 0 fully saturated rings. The molecule has 0 bridgehead atoms. The van der Waals surface area contributed by atoms with E-state index in [9.17, 15) is 13.2 Å². The molecule has 3 aromatic rings. The quantitative estimate of drug-likeness (QED) is 0.441. The maximum atomic E-state index is 12.4. The van der Waals surface area contributed by atoms with E-state index in [1.807, 2.05) is 43.3 Å². The van der Waals surface area contributed by atoms with Gasteiger partial charge in [-0.05, 0) is 47.9 Å². The van der Waals surface area contributed by atoms with Crippen LogP contribution in [0.5, 0.6) is 0 Å². The third kappa shape index (κ3) is 7.14. The Balaban J connectivity index is 1.53. The summed E-state index contributed by atoms with van der Waals surface area (Å²) in [6.45, 7) is 2.73. The van der Waals surface area contributed by atoms with E-state index in [2.05, 4.69) is 17.4 Å². The minimum atomic E-state index is -3.45. The molecular weight excluding hydrogens is 440 g/mol. The van der Waals surface area contributed by atoms with Crippen LogP contribution in [-0.4, -0.2) is 32.9 Å². The van der Waals surface area contributed by atoms with Gasteiger partial charge in [0.1, 0.15) is 0 Å². The first-order valence-corrected chi connectivity index (χ1v) is 13.4. The smallest absolute Gasteiger partial charge is 0.251 e. The van der Waals surface area contributed by atoms with Crippen LogP contribution in [0.3, 0.4) is 0 Å². The molecule has 0 spiro atoms. The largest absolute Gasteiger partial charge is 0.351 e. The van der Waals surface area contributed by atoms with Crippen molar-refractivity contribution < 1.29 is 13.2 Å². The van der Waals surface area contributed by atoms with Crippen molar-refractivity contribution in [1.82, 2.24) is 5.32 Å². The van der Waals surface area contributed by atoms with Crippen LogP contribution in [-0.2, 0) is 22.3 Å². The van der Waals surface area contributed by atoms with E-state index in [1.54, 1.807) is 42.1 Å². The Kier molecular flexibility index (Phi) is 8.36. The second kappa shape index (κ2) is 11.2. The van der Waals surface area contributed by atoms with Gasteiger partial charge < -0.3 is 5.32 Å². The van der Waals surface area contributed by atoms with E-state index in [4.69, 9.17) is 0 Å². The first kappa shape index (κ1) is 23.9. The van der Waals surface area contributed by atoms with Gasteiger partial charge in [-0.3, -0.25) is 9.10 Å². The Hall–Kier alpha value is -2.77. The molecular formula is C25H28N2O3S2. The molecule has 3 aromatic carbocycles. The number of aryl methyl sites for hydroxylation is 1. The molecule has 0 saturated heterocycles. The molecule has 0 heterocycles. The van der Waals surface area contributed by atoms with Gasteiger partial charge in [-0.25, -0.2) is 8.42 Å². The SMILES string of the molecule is Cc1cccc(N(Cc2ccc(C(=O)NCCSCc3ccccc3)cc2)S(C)(=O)=O)c1. The van der Waals surface area contributed by atoms with Gasteiger partial charge in [0.05, 0.1) is 18.5 Å². The highest BCUT2D eigenvalue weighted by atomic mass is 32.2. The molecule has 0 saturated carbocycles. The number of nitrogens with one attached hydrogen (secondary N) is 1. The summed E-state index contributed by atoms with van der Waals surface area (Å²) in [5, 5.41) is 2.94. The number of carbonyl (C=O) groups is 1. The number of amides is 1. The predicted octanol–water partition coefficient (Wildman–Crippen LogP) is 4.62. The Morgan fingerprint density at radius 1 is 0.938 bits per heavy atom. The number of thioether (sulfide) groups is 1. The van der Waals surface area contributed by atoms with Crippen molar-refractivity contribution in [3.05, 3.63) is 101 Å². The fourth-order valence-electron chi connectivity index (χ4n) is 3.21. The standard InChI is InChI=1S/C25H28N2O3S2/c1-20-7-6-10-24(17-20)27(32(2,29)30)18-21-11-13-23(14-12-21)25(28)26-15-16-31-19-22-8-4-3-5-9-22/h3-14,17H,15-16,18-19H2,1-2H3,(H,26,28). The second-order valence-electron chi connectivity index (χ2n) is 7.60. The van der Waals surface area contributed by atoms with Crippen molar-refractivity contribution >= 4 is 33.4 Å². The molecule has 0 aliphatic rings. The fourth-order valence-corrected chi connectivity index (χ4v) is 4.91. The summed E-state index contributed by atoms with van der Waals surface area (Å²) < 4.78 is 26.1. The van der Waals surface area contributed by atoms with Gasteiger partial charge in [-0.1, -0.05) is 54.6 Å². The average molecular weight is 469 g/mol. The van der Waals surface area contributed by atoms with Crippen molar-refractivity contribution in [2.24, 2.45) is 0 Å². The minimum Gasteiger partial charge on any atom is -0.351 e. The molecule has 0 aliphatic carbocycles. The Labute approximate surface area is 194 Å². The van der Waals surface area contributed by atoms with E-state index >= 15 is 0 Å².